The van der Waals surface area contributed by atoms with Gasteiger partial charge in [0.05, 0.1) is 0 Å². The lowest BCUT2D eigenvalue weighted by Gasteiger charge is -2.42. The van der Waals surface area contributed by atoms with Gasteiger partial charge in [0, 0.05) is 17.8 Å². The van der Waals surface area contributed by atoms with Gasteiger partial charge in [0.2, 0.25) is 0 Å². The predicted octanol–water partition coefficient (Wildman–Crippen LogP) is 4.75. The summed E-state index contributed by atoms with van der Waals surface area (Å²) in [5.41, 5.74) is -0.362. The molecule has 3 atom stereocenters. The normalized spacial score (nSPS) is 32.4. The van der Waals surface area contributed by atoms with E-state index in [-0.39, 0.29) is 34.2 Å². The standard InChI is InChI=1S/C19H34O3Si/c1-18(2,3)23(6,7)22-15-11-12-16(20)19(4,5)14-10-8-9-13(14)17(15)21/h13-15H,8-12H2,1-7H3/t13-,14+,15?/m0/s1. The first-order chi connectivity index (χ1) is 10.4. The fourth-order valence-electron chi connectivity index (χ4n) is 3.99. The average molecular weight is 339 g/mol. The van der Waals surface area contributed by atoms with Crippen LogP contribution in [0.4, 0.5) is 0 Å². The molecule has 0 aromatic heterocycles. The maximum atomic E-state index is 13.2. The van der Waals surface area contributed by atoms with E-state index in [9.17, 15) is 9.59 Å². The monoisotopic (exact) mass is 338 g/mol. The Balaban J connectivity index is 2.27. The molecule has 3 nitrogen and oxygen atoms in total. The van der Waals surface area contributed by atoms with Crippen molar-refractivity contribution < 1.29 is 14.0 Å². The zero-order valence-electron chi connectivity index (χ0n) is 16.0. The van der Waals surface area contributed by atoms with Crippen molar-refractivity contribution in [3.05, 3.63) is 0 Å². The van der Waals surface area contributed by atoms with Gasteiger partial charge in [-0.05, 0) is 43.3 Å². The number of hydrogen-bond donors (Lipinski definition) is 0. The van der Waals surface area contributed by atoms with Crippen LogP contribution in [0.5, 0.6) is 0 Å². The minimum atomic E-state index is -2.01. The van der Waals surface area contributed by atoms with Crippen molar-refractivity contribution in [2.45, 2.75) is 91.0 Å². The van der Waals surface area contributed by atoms with Gasteiger partial charge in [-0.3, -0.25) is 9.59 Å². The highest BCUT2D eigenvalue weighted by atomic mass is 28.4. The van der Waals surface area contributed by atoms with Crippen LogP contribution in [-0.2, 0) is 14.0 Å². The molecule has 0 spiro atoms. The van der Waals surface area contributed by atoms with Gasteiger partial charge in [0.1, 0.15) is 11.9 Å². The Morgan fingerprint density at radius 2 is 1.70 bits per heavy atom. The summed E-state index contributed by atoms with van der Waals surface area (Å²) < 4.78 is 6.45. The number of fused-ring (bicyclic) bond motifs is 1. The molecule has 0 N–H and O–H groups in total. The molecule has 0 aromatic carbocycles. The van der Waals surface area contributed by atoms with Crippen molar-refractivity contribution in [1.29, 1.82) is 0 Å². The molecule has 0 heterocycles. The molecular formula is C19H34O3Si. The highest BCUT2D eigenvalue weighted by molar-refractivity contribution is 6.74. The highest BCUT2D eigenvalue weighted by Crippen LogP contribution is 2.48. The SMILES string of the molecule is CC1(C)C(=O)CCC(O[Si](C)(C)C(C)(C)C)C(=O)[C@H]2CCC[C@H]21. The Morgan fingerprint density at radius 1 is 1.09 bits per heavy atom. The third-order valence-electron chi connectivity index (χ3n) is 6.72. The van der Waals surface area contributed by atoms with Crippen molar-refractivity contribution in [1.82, 2.24) is 0 Å². The summed E-state index contributed by atoms with van der Waals surface area (Å²) in [5, 5.41) is 0.0774. The van der Waals surface area contributed by atoms with Crippen molar-refractivity contribution >= 4 is 19.9 Å². The van der Waals surface area contributed by atoms with Gasteiger partial charge in [-0.25, -0.2) is 0 Å². The maximum absolute atomic E-state index is 13.2. The smallest absolute Gasteiger partial charge is 0.193 e. The molecule has 0 aliphatic heterocycles. The minimum Gasteiger partial charge on any atom is -0.407 e. The molecule has 0 aromatic rings. The van der Waals surface area contributed by atoms with Crippen LogP contribution < -0.4 is 0 Å². The quantitative estimate of drug-likeness (QED) is 0.682. The topological polar surface area (TPSA) is 43.4 Å². The van der Waals surface area contributed by atoms with Crippen LogP contribution in [0.15, 0.2) is 0 Å². The summed E-state index contributed by atoms with van der Waals surface area (Å²) in [6.45, 7) is 15.0. The van der Waals surface area contributed by atoms with Crippen LogP contribution in [0.2, 0.25) is 18.1 Å². The summed E-state index contributed by atoms with van der Waals surface area (Å²) in [6, 6.07) is 0. The second-order valence-corrected chi connectivity index (χ2v) is 14.4. The number of carbonyl (C=O) groups is 2. The summed E-state index contributed by atoms with van der Waals surface area (Å²) in [6.07, 6.45) is 3.66. The van der Waals surface area contributed by atoms with Gasteiger partial charge in [-0.1, -0.05) is 41.0 Å². The van der Waals surface area contributed by atoms with E-state index < -0.39 is 8.32 Å². The maximum Gasteiger partial charge on any atom is 0.193 e. The van der Waals surface area contributed by atoms with E-state index in [2.05, 4.69) is 33.9 Å². The summed E-state index contributed by atoms with van der Waals surface area (Å²) in [7, 11) is -2.01. The molecule has 2 saturated carbocycles. The van der Waals surface area contributed by atoms with Crippen molar-refractivity contribution in [3.8, 4) is 0 Å². The number of carbonyl (C=O) groups excluding carboxylic acids is 2. The molecule has 132 valence electrons. The van der Waals surface area contributed by atoms with E-state index in [1.165, 1.54) is 0 Å². The van der Waals surface area contributed by atoms with Gasteiger partial charge in [0.15, 0.2) is 14.1 Å². The largest absolute Gasteiger partial charge is 0.407 e. The molecule has 1 unspecified atom stereocenters. The summed E-state index contributed by atoms with van der Waals surface area (Å²) in [5.74, 6) is 0.806. The fraction of sp³-hybridized carbons (Fsp3) is 0.895. The van der Waals surface area contributed by atoms with E-state index >= 15 is 0 Å². The Kier molecular flexibility index (Phi) is 5.00. The predicted molar refractivity (Wildman–Crippen MR) is 95.9 cm³/mol. The van der Waals surface area contributed by atoms with Gasteiger partial charge < -0.3 is 4.43 Å². The molecule has 0 radical (unpaired) electrons. The number of rotatable bonds is 2. The highest BCUT2D eigenvalue weighted by Gasteiger charge is 2.50. The van der Waals surface area contributed by atoms with Gasteiger partial charge in [0.25, 0.3) is 0 Å². The van der Waals surface area contributed by atoms with E-state index in [1.54, 1.807) is 0 Å². The first-order valence-corrected chi connectivity index (χ1v) is 12.0. The van der Waals surface area contributed by atoms with Crippen LogP contribution >= 0.6 is 0 Å². The minimum absolute atomic E-state index is 0.0176. The van der Waals surface area contributed by atoms with Crippen LogP contribution in [0.1, 0.15) is 66.7 Å². The Hall–Kier alpha value is -0.483. The second kappa shape index (κ2) is 6.11. The molecule has 2 rings (SSSR count). The van der Waals surface area contributed by atoms with Gasteiger partial charge >= 0.3 is 0 Å². The van der Waals surface area contributed by atoms with Gasteiger partial charge in [-0.15, -0.1) is 0 Å². The molecule has 2 aliphatic carbocycles. The molecule has 23 heavy (non-hydrogen) atoms. The summed E-state index contributed by atoms with van der Waals surface area (Å²) in [4.78, 5) is 25.9. The van der Waals surface area contributed by atoms with Crippen LogP contribution in [0.3, 0.4) is 0 Å². The number of hydrogen-bond acceptors (Lipinski definition) is 3. The van der Waals surface area contributed by atoms with E-state index in [0.29, 0.717) is 18.6 Å². The van der Waals surface area contributed by atoms with E-state index in [1.807, 2.05) is 13.8 Å². The first-order valence-electron chi connectivity index (χ1n) is 9.13. The molecular weight excluding hydrogens is 304 g/mol. The van der Waals surface area contributed by atoms with Gasteiger partial charge in [-0.2, -0.15) is 0 Å². The number of Topliss-reactive ketones (excluding diaryl/α,β-unsaturated/α-hetero) is 2. The Morgan fingerprint density at radius 3 is 2.26 bits per heavy atom. The Labute approximate surface area is 142 Å². The molecule has 0 amide bonds. The molecule has 2 fully saturated rings. The lowest BCUT2D eigenvalue weighted by Crippen LogP contribution is -2.50. The van der Waals surface area contributed by atoms with E-state index in [4.69, 9.17) is 4.43 Å². The van der Waals surface area contributed by atoms with Crippen molar-refractivity contribution in [2.75, 3.05) is 0 Å². The molecule has 0 saturated heterocycles. The average Bonchev–Trinajstić information content (AvgIpc) is 2.89. The third-order valence-corrected chi connectivity index (χ3v) is 11.2. The van der Waals surface area contributed by atoms with Crippen LogP contribution in [0, 0.1) is 17.3 Å². The molecule has 0 bridgehead atoms. The lowest BCUT2D eigenvalue weighted by atomic mass is 9.66. The molecule has 2 aliphatic rings. The fourth-order valence-corrected chi connectivity index (χ4v) is 5.28. The van der Waals surface area contributed by atoms with E-state index in [0.717, 1.165) is 19.3 Å². The first kappa shape index (κ1) is 18.8. The Bertz CT molecular complexity index is 487. The number of ketones is 2. The van der Waals surface area contributed by atoms with Crippen LogP contribution in [0.25, 0.3) is 0 Å². The summed E-state index contributed by atoms with van der Waals surface area (Å²) >= 11 is 0. The second-order valence-electron chi connectivity index (χ2n) is 9.60. The van der Waals surface area contributed by atoms with Crippen molar-refractivity contribution in [2.24, 2.45) is 17.3 Å². The zero-order chi connectivity index (χ0) is 17.6. The van der Waals surface area contributed by atoms with Crippen LogP contribution in [-0.4, -0.2) is 26.0 Å². The third kappa shape index (κ3) is 3.48. The lowest BCUT2D eigenvalue weighted by molar-refractivity contribution is -0.141. The molecule has 4 heteroatoms. The van der Waals surface area contributed by atoms with Crippen molar-refractivity contribution in [3.63, 3.8) is 0 Å². The zero-order valence-corrected chi connectivity index (χ0v) is 17.0.